The zero-order valence-electron chi connectivity index (χ0n) is 10.7. The summed E-state index contributed by atoms with van der Waals surface area (Å²) in [5.41, 5.74) is 2.78. The van der Waals surface area contributed by atoms with Gasteiger partial charge >= 0.3 is 0 Å². The summed E-state index contributed by atoms with van der Waals surface area (Å²) in [6.07, 6.45) is 7.18. The predicted molar refractivity (Wildman–Crippen MR) is 78.8 cm³/mol. The molecule has 3 aromatic rings. The molecule has 6 nitrogen and oxygen atoms in total. The SMILES string of the molecule is COc1ccc(NCc2cnc3cnc(Br)cn23)cn1. The number of nitrogens with one attached hydrogen (secondary N) is 1. The van der Waals surface area contributed by atoms with Gasteiger partial charge < -0.3 is 10.1 Å². The fourth-order valence-corrected chi connectivity index (χ4v) is 2.15. The molecule has 0 saturated heterocycles. The van der Waals surface area contributed by atoms with Crippen molar-refractivity contribution in [1.82, 2.24) is 19.4 Å². The average Bonchev–Trinajstić information content (AvgIpc) is 2.88. The Bertz CT molecular complexity index is 725. The molecule has 0 aliphatic heterocycles. The van der Waals surface area contributed by atoms with Crippen molar-refractivity contribution < 1.29 is 4.74 Å². The third kappa shape index (κ3) is 2.57. The number of nitrogens with zero attached hydrogens (tertiary/aromatic N) is 4. The Labute approximate surface area is 124 Å². The lowest BCUT2D eigenvalue weighted by Gasteiger charge is -2.06. The highest BCUT2D eigenvalue weighted by molar-refractivity contribution is 9.10. The quantitative estimate of drug-likeness (QED) is 0.794. The maximum atomic E-state index is 5.03. The van der Waals surface area contributed by atoms with Crippen molar-refractivity contribution in [3.8, 4) is 5.88 Å². The Morgan fingerprint density at radius 1 is 1.20 bits per heavy atom. The van der Waals surface area contributed by atoms with Crippen molar-refractivity contribution in [1.29, 1.82) is 0 Å². The maximum absolute atomic E-state index is 5.03. The number of fused-ring (bicyclic) bond motifs is 1. The Hall–Kier alpha value is -2.15. The molecule has 0 fully saturated rings. The van der Waals surface area contributed by atoms with Crippen LogP contribution < -0.4 is 10.1 Å². The molecule has 0 saturated carbocycles. The summed E-state index contributed by atoms with van der Waals surface area (Å²) >= 11 is 3.36. The number of hydrogen-bond acceptors (Lipinski definition) is 5. The second-order valence-corrected chi connectivity index (χ2v) is 4.94. The van der Waals surface area contributed by atoms with Crippen LogP contribution >= 0.6 is 15.9 Å². The van der Waals surface area contributed by atoms with Crippen LogP contribution in [0.4, 0.5) is 5.69 Å². The molecule has 0 spiro atoms. The van der Waals surface area contributed by atoms with Gasteiger partial charge in [0.2, 0.25) is 5.88 Å². The standard InChI is InChI=1S/C13H12BrN5O/c1-20-13-3-2-9(4-18-13)15-5-10-6-17-12-7-16-11(14)8-19(10)12/h2-4,6-8,15H,5H2,1H3. The van der Waals surface area contributed by atoms with Crippen LogP contribution in [0.3, 0.4) is 0 Å². The Balaban J connectivity index is 1.77. The van der Waals surface area contributed by atoms with Crippen molar-refractivity contribution in [2.75, 3.05) is 12.4 Å². The van der Waals surface area contributed by atoms with E-state index in [1.807, 2.05) is 28.9 Å². The minimum atomic E-state index is 0.598. The number of aromatic nitrogens is 4. The molecule has 0 aromatic carbocycles. The number of pyridine rings is 1. The second kappa shape index (κ2) is 5.46. The van der Waals surface area contributed by atoms with E-state index in [9.17, 15) is 0 Å². The molecule has 7 heteroatoms. The van der Waals surface area contributed by atoms with Crippen LogP contribution in [0.2, 0.25) is 0 Å². The first-order chi connectivity index (χ1) is 9.76. The van der Waals surface area contributed by atoms with Gasteiger partial charge in [-0.3, -0.25) is 4.40 Å². The summed E-state index contributed by atoms with van der Waals surface area (Å²) in [6, 6.07) is 3.74. The van der Waals surface area contributed by atoms with Crippen LogP contribution in [-0.4, -0.2) is 26.5 Å². The summed E-state index contributed by atoms with van der Waals surface area (Å²) in [7, 11) is 1.60. The number of imidazole rings is 1. The first kappa shape index (κ1) is 12.9. The summed E-state index contributed by atoms with van der Waals surface area (Å²) in [6.45, 7) is 0.644. The summed E-state index contributed by atoms with van der Waals surface area (Å²) < 4.78 is 7.79. The monoisotopic (exact) mass is 333 g/mol. The van der Waals surface area contributed by atoms with Gasteiger partial charge in [-0.1, -0.05) is 0 Å². The second-order valence-electron chi connectivity index (χ2n) is 4.13. The fourth-order valence-electron chi connectivity index (χ4n) is 1.85. The normalized spacial score (nSPS) is 10.7. The first-order valence-electron chi connectivity index (χ1n) is 5.97. The van der Waals surface area contributed by atoms with Gasteiger partial charge in [-0.05, 0) is 22.0 Å². The van der Waals surface area contributed by atoms with E-state index in [4.69, 9.17) is 4.74 Å². The molecular formula is C13H12BrN5O. The molecule has 0 radical (unpaired) electrons. The van der Waals surface area contributed by atoms with Gasteiger partial charge in [0.25, 0.3) is 0 Å². The number of hydrogen-bond donors (Lipinski definition) is 1. The number of rotatable bonds is 4. The summed E-state index contributed by atoms with van der Waals surface area (Å²) in [5, 5.41) is 3.30. The van der Waals surface area contributed by atoms with Gasteiger partial charge in [-0.15, -0.1) is 0 Å². The highest BCUT2D eigenvalue weighted by Gasteiger charge is 2.04. The van der Waals surface area contributed by atoms with Gasteiger partial charge in [-0.2, -0.15) is 0 Å². The smallest absolute Gasteiger partial charge is 0.213 e. The van der Waals surface area contributed by atoms with Crippen LogP contribution in [0.5, 0.6) is 5.88 Å². The van der Waals surface area contributed by atoms with Gasteiger partial charge in [-0.25, -0.2) is 15.0 Å². The maximum Gasteiger partial charge on any atom is 0.213 e. The van der Waals surface area contributed by atoms with Crippen LogP contribution in [0.1, 0.15) is 5.69 Å². The van der Waals surface area contributed by atoms with E-state index in [1.54, 1.807) is 19.5 Å². The highest BCUT2D eigenvalue weighted by Crippen LogP contribution is 2.14. The Morgan fingerprint density at radius 2 is 2.10 bits per heavy atom. The molecule has 0 aliphatic rings. The molecule has 1 N–H and O–H groups in total. The third-order valence-corrected chi connectivity index (χ3v) is 3.27. The molecular weight excluding hydrogens is 322 g/mol. The molecule has 20 heavy (non-hydrogen) atoms. The minimum Gasteiger partial charge on any atom is -0.481 e. The zero-order chi connectivity index (χ0) is 13.9. The van der Waals surface area contributed by atoms with Crippen LogP contribution in [0, 0.1) is 0 Å². The van der Waals surface area contributed by atoms with Crippen LogP contribution in [0.25, 0.3) is 5.65 Å². The van der Waals surface area contributed by atoms with E-state index in [1.165, 1.54) is 0 Å². The predicted octanol–water partition coefficient (Wildman–Crippen LogP) is 2.51. The van der Waals surface area contributed by atoms with Crippen molar-refractivity contribution >= 4 is 27.3 Å². The lowest BCUT2D eigenvalue weighted by atomic mass is 10.4. The van der Waals surface area contributed by atoms with Gasteiger partial charge in [0.05, 0.1) is 43.6 Å². The van der Waals surface area contributed by atoms with Gasteiger partial charge in [0.15, 0.2) is 5.65 Å². The summed E-state index contributed by atoms with van der Waals surface area (Å²) in [5.74, 6) is 0.598. The van der Waals surface area contributed by atoms with E-state index in [2.05, 4.69) is 36.2 Å². The first-order valence-corrected chi connectivity index (χ1v) is 6.77. The van der Waals surface area contributed by atoms with Crippen molar-refractivity contribution in [2.24, 2.45) is 0 Å². The molecule has 0 aliphatic carbocycles. The van der Waals surface area contributed by atoms with E-state index in [0.29, 0.717) is 12.4 Å². The van der Waals surface area contributed by atoms with Gasteiger partial charge in [0, 0.05) is 12.3 Å². The fraction of sp³-hybridized carbons (Fsp3) is 0.154. The Kier molecular flexibility index (Phi) is 3.51. The molecule has 3 aromatic heterocycles. The minimum absolute atomic E-state index is 0.598. The number of methoxy groups -OCH3 is 1. The zero-order valence-corrected chi connectivity index (χ0v) is 12.3. The van der Waals surface area contributed by atoms with E-state index < -0.39 is 0 Å². The van der Waals surface area contributed by atoms with Crippen molar-refractivity contribution in [2.45, 2.75) is 6.54 Å². The highest BCUT2D eigenvalue weighted by atomic mass is 79.9. The number of anilines is 1. The van der Waals surface area contributed by atoms with Gasteiger partial charge in [0.1, 0.15) is 4.60 Å². The largest absolute Gasteiger partial charge is 0.481 e. The third-order valence-electron chi connectivity index (χ3n) is 2.86. The molecule has 3 heterocycles. The average molecular weight is 334 g/mol. The van der Waals surface area contributed by atoms with Crippen molar-refractivity contribution in [3.05, 3.63) is 47.2 Å². The molecule has 0 amide bonds. The van der Waals surface area contributed by atoms with E-state index >= 15 is 0 Å². The van der Waals surface area contributed by atoms with E-state index in [-0.39, 0.29) is 0 Å². The Morgan fingerprint density at radius 3 is 2.85 bits per heavy atom. The molecule has 0 atom stereocenters. The van der Waals surface area contributed by atoms with Crippen LogP contribution in [-0.2, 0) is 6.54 Å². The summed E-state index contributed by atoms with van der Waals surface area (Å²) in [4.78, 5) is 12.6. The lowest BCUT2D eigenvalue weighted by Crippen LogP contribution is -2.03. The van der Waals surface area contributed by atoms with Crippen LogP contribution in [0.15, 0.2) is 41.5 Å². The lowest BCUT2D eigenvalue weighted by molar-refractivity contribution is 0.398. The molecule has 102 valence electrons. The molecule has 0 bridgehead atoms. The topological polar surface area (TPSA) is 64.3 Å². The van der Waals surface area contributed by atoms with E-state index in [0.717, 1.165) is 21.6 Å². The molecule has 3 rings (SSSR count). The molecule has 0 unspecified atom stereocenters. The number of ether oxygens (including phenoxy) is 1. The van der Waals surface area contributed by atoms with Crippen molar-refractivity contribution in [3.63, 3.8) is 0 Å². The number of halogens is 1.